The van der Waals surface area contributed by atoms with E-state index < -0.39 is 12.0 Å². The van der Waals surface area contributed by atoms with Gasteiger partial charge in [0.2, 0.25) is 0 Å². The smallest absolute Gasteiger partial charge is 0.319 e. The lowest BCUT2D eigenvalue weighted by Crippen LogP contribution is -2.64. The largest absolute Gasteiger partial charge is 0.508 e. The molecule has 7 rings (SSSR count). The zero-order valence-electron chi connectivity index (χ0n) is 22.2. The maximum absolute atomic E-state index is 16.5. The minimum Gasteiger partial charge on any atom is -0.508 e. The third-order valence-corrected chi connectivity index (χ3v) is 8.36. The minimum atomic E-state index is -0.899. The third-order valence-electron chi connectivity index (χ3n) is 8.36. The minimum absolute atomic E-state index is 0.0319. The van der Waals surface area contributed by atoms with Crippen LogP contribution in [0.3, 0.4) is 0 Å². The Labute approximate surface area is 230 Å². The second-order valence-electron chi connectivity index (χ2n) is 11.0. The molecule has 3 aliphatic heterocycles. The molecule has 4 heterocycles. The SMILES string of the molecule is CN1CC(F)C[C@H]1COc1nc(N2C3CNCC2COC3)c2ccc(-c3cc(O)cc4ccccc34)c(F)c2n1. The number of phenols is 1. The van der Waals surface area contributed by atoms with Gasteiger partial charge in [0.1, 0.15) is 29.9 Å². The van der Waals surface area contributed by atoms with E-state index in [4.69, 9.17) is 14.5 Å². The summed E-state index contributed by atoms with van der Waals surface area (Å²) in [5.41, 5.74) is 1.05. The Bertz CT molecular complexity index is 1560. The highest BCUT2D eigenvalue weighted by molar-refractivity contribution is 6.01. The van der Waals surface area contributed by atoms with Gasteiger partial charge in [-0.25, -0.2) is 8.78 Å². The molecule has 0 aliphatic carbocycles. The molecule has 0 radical (unpaired) electrons. The lowest BCUT2D eigenvalue weighted by molar-refractivity contribution is 0.0523. The summed E-state index contributed by atoms with van der Waals surface area (Å²) in [5.74, 6) is 0.148. The number of rotatable bonds is 5. The molecular weight excluding hydrogens is 516 g/mol. The number of halogens is 2. The first-order valence-electron chi connectivity index (χ1n) is 13.7. The number of benzene rings is 3. The molecule has 0 spiro atoms. The molecule has 208 valence electrons. The Morgan fingerprint density at radius 1 is 1.05 bits per heavy atom. The number of likely N-dealkylation sites (N-methyl/N-ethyl adjacent to an activating group) is 1. The number of hydrogen-bond acceptors (Lipinski definition) is 8. The molecule has 3 saturated heterocycles. The van der Waals surface area contributed by atoms with E-state index in [1.165, 1.54) is 0 Å². The fraction of sp³-hybridized carbons (Fsp3) is 0.400. The maximum Gasteiger partial charge on any atom is 0.319 e. The van der Waals surface area contributed by atoms with Crippen molar-refractivity contribution in [2.24, 2.45) is 0 Å². The molecule has 10 heteroatoms. The summed E-state index contributed by atoms with van der Waals surface area (Å²) >= 11 is 0. The van der Waals surface area contributed by atoms with Crippen LogP contribution in [0, 0.1) is 5.82 Å². The second kappa shape index (κ2) is 10.1. The highest BCUT2D eigenvalue weighted by Crippen LogP contribution is 2.39. The number of likely N-dealkylation sites (tertiary alicyclic amines) is 1. The number of hydrogen-bond donors (Lipinski definition) is 2. The normalized spacial score (nSPS) is 25.1. The van der Waals surface area contributed by atoms with Gasteiger partial charge in [0.15, 0.2) is 5.82 Å². The summed E-state index contributed by atoms with van der Waals surface area (Å²) in [5, 5.41) is 16.1. The van der Waals surface area contributed by atoms with Crippen LogP contribution < -0.4 is 15.0 Å². The van der Waals surface area contributed by atoms with Crippen molar-refractivity contribution in [3.05, 3.63) is 54.3 Å². The molecule has 2 N–H and O–H groups in total. The van der Waals surface area contributed by atoms with Crippen molar-refractivity contribution in [2.75, 3.05) is 51.4 Å². The van der Waals surface area contributed by atoms with Crippen LogP contribution in [0.25, 0.3) is 32.8 Å². The van der Waals surface area contributed by atoms with E-state index in [2.05, 4.69) is 15.2 Å². The number of morpholine rings is 1. The first-order chi connectivity index (χ1) is 19.5. The lowest BCUT2D eigenvalue weighted by atomic mass is 9.96. The Balaban J connectivity index is 1.37. The van der Waals surface area contributed by atoms with E-state index in [-0.39, 0.29) is 42.0 Å². The number of fused-ring (bicyclic) bond motifs is 4. The molecule has 3 unspecified atom stereocenters. The van der Waals surface area contributed by atoms with Gasteiger partial charge in [-0.2, -0.15) is 9.97 Å². The van der Waals surface area contributed by atoms with Gasteiger partial charge in [0.25, 0.3) is 0 Å². The van der Waals surface area contributed by atoms with E-state index >= 15 is 4.39 Å². The van der Waals surface area contributed by atoms with Crippen LogP contribution in [0.5, 0.6) is 11.8 Å². The standard InChI is InChI=1S/C30H31F2N5O3/c1-36-13-18(31)9-19(36)16-40-30-34-28-25(29(35-30)37-20-11-33-12-21(37)15-39-14-20)7-6-24(27(28)32)26-10-22(38)8-17-4-2-3-5-23(17)26/h2-8,10,18-21,33,38H,9,11-16H2,1H3/t18?,19-,20?,21?/m0/s1. The van der Waals surface area contributed by atoms with Crippen molar-refractivity contribution >= 4 is 27.5 Å². The van der Waals surface area contributed by atoms with Gasteiger partial charge in [0.05, 0.1) is 25.3 Å². The van der Waals surface area contributed by atoms with Gasteiger partial charge in [0, 0.05) is 36.6 Å². The predicted octanol–water partition coefficient (Wildman–Crippen LogP) is 3.89. The molecular formula is C30H31F2N5O3. The number of nitrogens with one attached hydrogen (secondary N) is 1. The fourth-order valence-corrected chi connectivity index (χ4v) is 6.37. The summed E-state index contributed by atoms with van der Waals surface area (Å²) in [7, 11) is 1.87. The first kappa shape index (κ1) is 25.4. The van der Waals surface area contributed by atoms with Gasteiger partial charge in [-0.3, -0.25) is 4.90 Å². The zero-order chi connectivity index (χ0) is 27.4. The van der Waals surface area contributed by atoms with Crippen LogP contribution >= 0.6 is 0 Å². The molecule has 3 fully saturated rings. The van der Waals surface area contributed by atoms with Crippen molar-refractivity contribution < 1.29 is 23.4 Å². The maximum atomic E-state index is 16.5. The number of ether oxygens (including phenoxy) is 2. The second-order valence-corrected chi connectivity index (χ2v) is 11.0. The fourth-order valence-electron chi connectivity index (χ4n) is 6.37. The average Bonchev–Trinajstić information content (AvgIpc) is 3.27. The third kappa shape index (κ3) is 4.40. The van der Waals surface area contributed by atoms with Crippen molar-refractivity contribution in [3.63, 3.8) is 0 Å². The van der Waals surface area contributed by atoms with Gasteiger partial charge in [-0.05, 0) is 48.0 Å². The topological polar surface area (TPSA) is 83.0 Å². The van der Waals surface area contributed by atoms with Crippen LogP contribution in [-0.2, 0) is 4.74 Å². The molecule has 40 heavy (non-hydrogen) atoms. The quantitative estimate of drug-likeness (QED) is 0.390. The molecule has 0 saturated carbocycles. The van der Waals surface area contributed by atoms with Crippen LogP contribution in [0.2, 0.25) is 0 Å². The van der Waals surface area contributed by atoms with E-state index in [9.17, 15) is 9.50 Å². The Kier molecular flexibility index (Phi) is 6.41. The number of piperazine rings is 1. The van der Waals surface area contributed by atoms with Gasteiger partial charge < -0.3 is 24.8 Å². The van der Waals surface area contributed by atoms with Crippen molar-refractivity contribution in [1.82, 2.24) is 20.2 Å². The molecule has 0 amide bonds. The lowest BCUT2D eigenvalue weighted by Gasteiger charge is -2.47. The number of alkyl halides is 1. The van der Waals surface area contributed by atoms with Crippen molar-refractivity contribution in [1.29, 1.82) is 0 Å². The van der Waals surface area contributed by atoms with E-state index in [0.29, 0.717) is 48.5 Å². The molecule has 2 bridgehead atoms. The molecule has 3 aromatic carbocycles. The number of phenolic OH excluding ortho intramolecular Hbond substituents is 1. The van der Waals surface area contributed by atoms with E-state index in [0.717, 1.165) is 23.9 Å². The molecule has 4 aromatic rings. The summed E-state index contributed by atoms with van der Waals surface area (Å²) in [6, 6.07) is 14.4. The Morgan fingerprint density at radius 2 is 1.85 bits per heavy atom. The summed E-state index contributed by atoms with van der Waals surface area (Å²) in [4.78, 5) is 13.5. The van der Waals surface area contributed by atoms with Crippen LogP contribution in [0.15, 0.2) is 48.5 Å². The molecule has 8 nitrogen and oxygen atoms in total. The number of aromatic hydroxyl groups is 1. The number of aromatic nitrogens is 2. The van der Waals surface area contributed by atoms with Crippen LogP contribution in [0.4, 0.5) is 14.6 Å². The highest BCUT2D eigenvalue weighted by atomic mass is 19.1. The highest BCUT2D eigenvalue weighted by Gasteiger charge is 2.37. The Morgan fingerprint density at radius 3 is 2.62 bits per heavy atom. The predicted molar refractivity (Wildman–Crippen MR) is 149 cm³/mol. The summed E-state index contributed by atoms with van der Waals surface area (Å²) in [6.45, 7) is 3.07. The van der Waals surface area contributed by atoms with Crippen molar-refractivity contribution in [2.45, 2.75) is 30.7 Å². The van der Waals surface area contributed by atoms with Gasteiger partial charge in [-0.1, -0.05) is 30.3 Å². The van der Waals surface area contributed by atoms with E-state index in [1.54, 1.807) is 18.2 Å². The summed E-state index contributed by atoms with van der Waals surface area (Å²) in [6.07, 6.45) is -0.525. The average molecular weight is 548 g/mol. The molecule has 4 atom stereocenters. The van der Waals surface area contributed by atoms with Gasteiger partial charge in [-0.15, -0.1) is 0 Å². The van der Waals surface area contributed by atoms with Gasteiger partial charge >= 0.3 is 6.01 Å². The molecule has 1 aromatic heterocycles. The first-order valence-corrected chi connectivity index (χ1v) is 13.7. The zero-order valence-corrected chi connectivity index (χ0v) is 22.2. The monoisotopic (exact) mass is 547 g/mol. The van der Waals surface area contributed by atoms with Crippen LogP contribution in [-0.4, -0.2) is 90.8 Å². The number of anilines is 1. The van der Waals surface area contributed by atoms with Crippen molar-refractivity contribution in [3.8, 4) is 22.9 Å². The molecule has 3 aliphatic rings. The summed E-state index contributed by atoms with van der Waals surface area (Å²) < 4.78 is 42.4. The van der Waals surface area contributed by atoms with Crippen LogP contribution in [0.1, 0.15) is 6.42 Å². The number of nitrogens with zero attached hydrogens (tertiary/aromatic N) is 4. The Hall–Kier alpha value is -3.60. The van der Waals surface area contributed by atoms with E-state index in [1.807, 2.05) is 42.3 Å².